The maximum atomic E-state index is 13.2. The Morgan fingerprint density at radius 2 is 1.88 bits per heavy atom. The number of carbonyl (C=O) groups excluding carboxylic acids is 1. The third kappa shape index (κ3) is 2.65. The molecule has 0 saturated heterocycles. The normalized spacial score (nSPS) is 15.2. The van der Waals surface area contributed by atoms with E-state index in [4.69, 9.17) is 0 Å². The summed E-state index contributed by atoms with van der Waals surface area (Å²) < 4.78 is 37.7. The molecule has 16 heavy (non-hydrogen) atoms. The molecule has 1 aromatic carbocycles. The summed E-state index contributed by atoms with van der Waals surface area (Å²) in [5.74, 6) is -0.909. The highest BCUT2D eigenvalue weighted by Crippen LogP contribution is 2.36. The fourth-order valence-corrected chi connectivity index (χ4v) is 3.17. The molecule has 0 aliphatic rings. The number of hydrogen-bond acceptors (Lipinski definition) is 2. The molecule has 7 heteroatoms. The molecule has 0 radical (unpaired) electrons. The van der Waals surface area contributed by atoms with Crippen LogP contribution < -0.4 is 0 Å². The van der Waals surface area contributed by atoms with Gasteiger partial charge in [-0.05, 0) is 12.1 Å². The second kappa shape index (κ2) is 4.58. The molecule has 0 aliphatic heterocycles. The molecule has 1 rings (SSSR count). The zero-order valence-corrected chi connectivity index (χ0v) is 10.6. The van der Waals surface area contributed by atoms with Crippen LogP contribution in [-0.2, 0) is 14.5 Å². The van der Waals surface area contributed by atoms with E-state index in [9.17, 15) is 17.8 Å². The summed E-state index contributed by atoms with van der Waals surface area (Å²) >= 11 is 2.01. The lowest BCUT2D eigenvalue weighted by molar-refractivity contribution is -0.115. The van der Waals surface area contributed by atoms with Crippen molar-refractivity contribution >= 4 is 31.6 Å². The second-order valence-electron chi connectivity index (χ2n) is 2.89. The van der Waals surface area contributed by atoms with Crippen LogP contribution in [0.1, 0.15) is 6.92 Å². The number of carbonyl (C=O) groups is 1. The van der Waals surface area contributed by atoms with E-state index < -0.39 is 19.8 Å². The first kappa shape index (κ1) is 13.2. The highest BCUT2D eigenvalue weighted by atomic mass is 79.9. The summed E-state index contributed by atoms with van der Waals surface area (Å²) in [7, 11) is -4.12. The topological polar surface area (TPSA) is 46.5 Å². The highest BCUT2D eigenvalue weighted by molar-refractivity contribution is 9.11. The highest BCUT2D eigenvalue weighted by Gasteiger charge is 2.41. The SMILES string of the molecule is CC(=O)N=S(=O)(c1ccccc1)C(F)(F)Br. The summed E-state index contributed by atoms with van der Waals surface area (Å²) in [6, 6.07) is 6.96. The Kier molecular flexibility index (Phi) is 3.80. The van der Waals surface area contributed by atoms with Gasteiger partial charge in [-0.15, -0.1) is 0 Å². The number of amides is 1. The minimum Gasteiger partial charge on any atom is -0.272 e. The van der Waals surface area contributed by atoms with Crippen LogP contribution >= 0.6 is 15.9 Å². The Labute approximate surface area is 100 Å². The van der Waals surface area contributed by atoms with Crippen molar-refractivity contribution in [1.82, 2.24) is 0 Å². The Balaban J connectivity index is 3.52. The van der Waals surface area contributed by atoms with Crippen LogP contribution in [0, 0.1) is 0 Å². The minimum atomic E-state index is -4.12. The van der Waals surface area contributed by atoms with E-state index in [0.717, 1.165) is 6.92 Å². The molecule has 0 spiro atoms. The van der Waals surface area contributed by atoms with Crippen LogP contribution in [0.5, 0.6) is 0 Å². The van der Waals surface area contributed by atoms with E-state index in [-0.39, 0.29) is 4.90 Å². The van der Waals surface area contributed by atoms with E-state index in [1.165, 1.54) is 24.3 Å². The van der Waals surface area contributed by atoms with Gasteiger partial charge in [0.2, 0.25) is 0 Å². The first-order chi connectivity index (χ1) is 7.27. The molecule has 0 saturated carbocycles. The summed E-state index contributed by atoms with van der Waals surface area (Å²) in [5, 5.41) is 0. The van der Waals surface area contributed by atoms with E-state index in [1.807, 2.05) is 15.9 Å². The lowest BCUT2D eigenvalue weighted by atomic mass is 10.4. The molecule has 88 valence electrons. The van der Waals surface area contributed by atoms with Crippen molar-refractivity contribution in [3.05, 3.63) is 30.3 Å². The van der Waals surface area contributed by atoms with Gasteiger partial charge in [-0.2, -0.15) is 13.1 Å². The van der Waals surface area contributed by atoms with Crippen LogP contribution in [0.4, 0.5) is 8.78 Å². The van der Waals surface area contributed by atoms with Gasteiger partial charge in [-0.1, -0.05) is 18.2 Å². The molecule has 1 amide bonds. The first-order valence-electron chi connectivity index (χ1n) is 4.16. The minimum absolute atomic E-state index is 0.188. The van der Waals surface area contributed by atoms with Crippen molar-refractivity contribution in [3.8, 4) is 0 Å². The molecule has 0 aromatic heterocycles. The third-order valence-electron chi connectivity index (χ3n) is 1.63. The van der Waals surface area contributed by atoms with Crippen LogP contribution in [0.15, 0.2) is 39.6 Å². The van der Waals surface area contributed by atoms with Gasteiger partial charge in [0.05, 0.1) is 4.90 Å². The molecule has 1 unspecified atom stereocenters. The summed E-state index contributed by atoms with van der Waals surface area (Å²) in [6.07, 6.45) is 0. The van der Waals surface area contributed by atoms with Gasteiger partial charge >= 0.3 is 4.16 Å². The number of benzene rings is 1. The third-order valence-corrected chi connectivity index (χ3v) is 5.00. The molecule has 0 fully saturated rings. The molecule has 3 nitrogen and oxygen atoms in total. The Hall–Kier alpha value is -0.820. The van der Waals surface area contributed by atoms with Crippen LogP contribution in [0.25, 0.3) is 0 Å². The van der Waals surface area contributed by atoms with Crippen molar-refractivity contribution in [1.29, 1.82) is 0 Å². The number of alkyl halides is 3. The molecule has 0 heterocycles. The van der Waals surface area contributed by atoms with Crippen molar-refractivity contribution in [2.45, 2.75) is 16.0 Å². The first-order valence-corrected chi connectivity index (χ1v) is 6.47. The van der Waals surface area contributed by atoms with Crippen molar-refractivity contribution in [3.63, 3.8) is 0 Å². The number of rotatable bonds is 2. The monoisotopic (exact) mass is 311 g/mol. The predicted molar refractivity (Wildman–Crippen MR) is 59.8 cm³/mol. The van der Waals surface area contributed by atoms with Crippen LogP contribution in [0.3, 0.4) is 0 Å². The average molecular weight is 312 g/mol. The van der Waals surface area contributed by atoms with Gasteiger partial charge in [0.25, 0.3) is 5.91 Å². The van der Waals surface area contributed by atoms with Gasteiger partial charge in [-0.25, -0.2) is 4.21 Å². The average Bonchev–Trinajstić information content (AvgIpc) is 2.16. The fraction of sp³-hybridized carbons (Fsp3) is 0.222. The molecule has 1 atom stereocenters. The molecule has 0 aliphatic carbocycles. The Bertz CT molecular complexity index is 504. The van der Waals surface area contributed by atoms with Crippen molar-refractivity contribution in [2.24, 2.45) is 4.36 Å². The van der Waals surface area contributed by atoms with E-state index in [2.05, 4.69) is 4.36 Å². The zero-order chi connectivity index (χ0) is 12.4. The Morgan fingerprint density at radius 3 is 2.25 bits per heavy atom. The molecular formula is C9H8BrF2NO2S. The van der Waals surface area contributed by atoms with Gasteiger partial charge in [0, 0.05) is 22.9 Å². The van der Waals surface area contributed by atoms with Crippen LogP contribution in [-0.4, -0.2) is 14.3 Å². The number of nitrogens with zero attached hydrogens (tertiary/aromatic N) is 1. The smallest absolute Gasteiger partial charge is 0.272 e. The van der Waals surface area contributed by atoms with E-state index >= 15 is 0 Å². The zero-order valence-electron chi connectivity index (χ0n) is 8.19. The van der Waals surface area contributed by atoms with Crippen molar-refractivity contribution in [2.75, 3.05) is 0 Å². The molecule has 0 N–H and O–H groups in total. The Morgan fingerprint density at radius 1 is 1.38 bits per heavy atom. The standard InChI is InChI=1S/C9H8BrF2NO2S/c1-7(14)13-16(15,9(10,11)12)8-5-3-2-4-6-8/h2-6H,1H3. The van der Waals surface area contributed by atoms with Gasteiger partial charge < -0.3 is 0 Å². The predicted octanol–water partition coefficient (Wildman–Crippen LogP) is 3.01. The lowest BCUT2D eigenvalue weighted by Crippen LogP contribution is -2.22. The largest absolute Gasteiger partial charge is 0.387 e. The summed E-state index contributed by atoms with van der Waals surface area (Å²) in [6.45, 7) is 0.974. The quantitative estimate of drug-likeness (QED) is 0.788. The number of hydrogen-bond donors (Lipinski definition) is 0. The maximum absolute atomic E-state index is 13.2. The molecule has 1 aromatic rings. The van der Waals surface area contributed by atoms with Gasteiger partial charge in [-0.3, -0.25) is 4.79 Å². The van der Waals surface area contributed by atoms with Crippen molar-refractivity contribution < 1.29 is 17.8 Å². The lowest BCUT2D eigenvalue weighted by Gasteiger charge is -2.14. The van der Waals surface area contributed by atoms with Gasteiger partial charge in [0.1, 0.15) is 0 Å². The van der Waals surface area contributed by atoms with Crippen LogP contribution in [0.2, 0.25) is 0 Å². The van der Waals surface area contributed by atoms with E-state index in [0.29, 0.717) is 0 Å². The molecular weight excluding hydrogens is 304 g/mol. The van der Waals surface area contributed by atoms with E-state index in [1.54, 1.807) is 6.07 Å². The maximum Gasteiger partial charge on any atom is 0.387 e. The van der Waals surface area contributed by atoms with Gasteiger partial charge in [0.15, 0.2) is 9.73 Å². The molecule has 0 bridgehead atoms. The summed E-state index contributed by atoms with van der Waals surface area (Å²) in [5.41, 5.74) is 0. The second-order valence-corrected chi connectivity index (χ2v) is 6.63. The fourth-order valence-electron chi connectivity index (χ4n) is 1.02. The number of halogens is 3. The summed E-state index contributed by atoms with van der Waals surface area (Å²) in [4.78, 5) is 10.6.